The monoisotopic (exact) mass is 424 g/mol. The van der Waals surface area contributed by atoms with Crippen LogP contribution in [0.5, 0.6) is 0 Å². The van der Waals surface area contributed by atoms with E-state index in [1.165, 1.54) is 4.68 Å². The molecule has 10 heteroatoms. The second kappa shape index (κ2) is 8.34. The van der Waals surface area contributed by atoms with E-state index in [1.807, 2.05) is 18.2 Å². The van der Waals surface area contributed by atoms with Crippen molar-refractivity contribution >= 4 is 23.3 Å². The molecule has 1 aromatic heterocycles. The number of benzene rings is 2. The molecule has 158 valence electrons. The average Bonchev–Trinajstić information content (AvgIpc) is 3.52. The topological polar surface area (TPSA) is 116 Å². The largest absolute Gasteiger partial charge is 0.451 e. The molecule has 0 atom stereocenters. The lowest BCUT2D eigenvalue weighted by Gasteiger charge is -2.09. The molecular weight excluding hydrogens is 407 g/mol. The van der Waals surface area contributed by atoms with Crippen molar-refractivity contribution in [3.63, 3.8) is 0 Å². The lowest BCUT2D eigenvalue weighted by molar-refractivity contribution is -0.384. The number of ether oxygens (including phenoxy) is 1. The first-order valence-electron chi connectivity index (χ1n) is 9.48. The lowest BCUT2D eigenvalue weighted by atomic mass is 10.2. The van der Waals surface area contributed by atoms with Crippen LogP contribution in [0.1, 0.15) is 34.9 Å². The van der Waals surface area contributed by atoms with Gasteiger partial charge in [0.1, 0.15) is 5.82 Å². The number of hydrogen-bond donors (Lipinski definition) is 1. The van der Waals surface area contributed by atoms with E-state index >= 15 is 0 Å². The first kappa shape index (κ1) is 20.2. The van der Waals surface area contributed by atoms with Gasteiger partial charge in [-0.15, -0.1) is 0 Å². The summed E-state index contributed by atoms with van der Waals surface area (Å²) in [5.41, 5.74) is 0.861. The van der Waals surface area contributed by atoms with Gasteiger partial charge in [0.15, 0.2) is 12.3 Å². The quantitative estimate of drug-likeness (QED) is 0.352. The highest BCUT2D eigenvalue weighted by atomic mass is 19.1. The molecule has 0 bridgehead atoms. The maximum absolute atomic E-state index is 13.8. The summed E-state index contributed by atoms with van der Waals surface area (Å²) in [6.07, 6.45) is 1.99. The Balaban J connectivity index is 1.46. The summed E-state index contributed by atoms with van der Waals surface area (Å²) < 4.78 is 20.4. The number of nitro benzene ring substituents is 1. The molecule has 1 saturated carbocycles. The number of amides is 1. The number of nitro groups is 1. The molecule has 0 spiro atoms. The first-order chi connectivity index (χ1) is 14.9. The summed E-state index contributed by atoms with van der Waals surface area (Å²) in [5.74, 6) is -2.14. The normalized spacial score (nSPS) is 12.9. The molecule has 1 amide bonds. The van der Waals surface area contributed by atoms with E-state index in [9.17, 15) is 24.1 Å². The zero-order chi connectivity index (χ0) is 22.0. The number of nitrogens with zero attached hydrogens (tertiary/aromatic N) is 3. The Bertz CT molecular complexity index is 1160. The number of non-ortho nitro benzene ring substituents is 1. The van der Waals surface area contributed by atoms with E-state index in [0.717, 1.165) is 36.7 Å². The van der Waals surface area contributed by atoms with Gasteiger partial charge >= 0.3 is 5.97 Å². The third-order valence-electron chi connectivity index (χ3n) is 4.70. The Morgan fingerprint density at radius 3 is 2.61 bits per heavy atom. The molecule has 1 heterocycles. The van der Waals surface area contributed by atoms with Crippen LogP contribution < -0.4 is 5.32 Å². The number of anilines is 1. The van der Waals surface area contributed by atoms with E-state index in [-0.39, 0.29) is 17.1 Å². The number of hydrogen-bond acceptors (Lipinski definition) is 6. The van der Waals surface area contributed by atoms with Gasteiger partial charge in [-0.25, -0.2) is 13.9 Å². The minimum Gasteiger partial charge on any atom is -0.451 e. The van der Waals surface area contributed by atoms with Crippen LogP contribution >= 0.6 is 0 Å². The number of esters is 1. The summed E-state index contributed by atoms with van der Waals surface area (Å²) in [5, 5.41) is 17.5. The van der Waals surface area contributed by atoms with Crippen molar-refractivity contribution in [1.82, 2.24) is 9.78 Å². The molecule has 4 rings (SSSR count). The summed E-state index contributed by atoms with van der Waals surface area (Å²) in [4.78, 5) is 34.9. The molecule has 0 aliphatic heterocycles. The number of carbonyl (C=O) groups excluding carboxylic acids is 2. The third-order valence-corrected chi connectivity index (χ3v) is 4.70. The maximum atomic E-state index is 13.8. The predicted octanol–water partition coefficient (Wildman–Crippen LogP) is 3.59. The first-order valence-corrected chi connectivity index (χ1v) is 9.48. The summed E-state index contributed by atoms with van der Waals surface area (Å²) in [6.45, 7) is -0.695. The molecule has 2 aromatic carbocycles. The van der Waals surface area contributed by atoms with Gasteiger partial charge in [0.2, 0.25) is 0 Å². The molecule has 31 heavy (non-hydrogen) atoms. The van der Waals surface area contributed by atoms with Crippen LogP contribution in [0.3, 0.4) is 0 Å². The zero-order valence-electron chi connectivity index (χ0n) is 16.2. The SMILES string of the molecule is O=C(COC(=O)c1cc(C2CC2)nn1-c1ccccc1)Nc1cc([N+](=O)[O-])ccc1F. The average molecular weight is 424 g/mol. The van der Waals surface area contributed by atoms with Crippen molar-refractivity contribution in [3.8, 4) is 5.69 Å². The van der Waals surface area contributed by atoms with Crippen molar-refractivity contribution < 1.29 is 23.6 Å². The fraction of sp³-hybridized carbons (Fsp3) is 0.190. The van der Waals surface area contributed by atoms with Gasteiger partial charge in [0, 0.05) is 18.1 Å². The van der Waals surface area contributed by atoms with Crippen molar-refractivity contribution in [2.24, 2.45) is 0 Å². The van der Waals surface area contributed by atoms with Gasteiger partial charge in [0.25, 0.3) is 11.6 Å². The minimum atomic E-state index is -0.846. The molecule has 0 saturated heterocycles. The Labute approximate surface area is 175 Å². The predicted molar refractivity (Wildman–Crippen MR) is 108 cm³/mol. The summed E-state index contributed by atoms with van der Waals surface area (Å²) in [7, 11) is 0. The number of rotatable bonds is 7. The van der Waals surface area contributed by atoms with Crippen molar-refractivity contribution in [3.05, 3.63) is 81.9 Å². The molecular formula is C21H17FN4O5. The van der Waals surface area contributed by atoms with Gasteiger partial charge in [-0.1, -0.05) is 18.2 Å². The molecule has 1 aliphatic rings. The van der Waals surface area contributed by atoms with E-state index in [4.69, 9.17) is 4.74 Å². The van der Waals surface area contributed by atoms with E-state index < -0.39 is 29.2 Å². The fourth-order valence-electron chi connectivity index (χ4n) is 3.00. The minimum absolute atomic E-state index is 0.169. The highest BCUT2D eigenvalue weighted by Gasteiger charge is 2.29. The van der Waals surface area contributed by atoms with Crippen molar-refractivity contribution in [1.29, 1.82) is 0 Å². The molecule has 0 unspecified atom stereocenters. The van der Waals surface area contributed by atoms with Crippen LogP contribution in [0, 0.1) is 15.9 Å². The van der Waals surface area contributed by atoms with E-state index in [1.54, 1.807) is 18.2 Å². The van der Waals surface area contributed by atoms with Gasteiger partial charge < -0.3 is 10.1 Å². The summed E-state index contributed by atoms with van der Waals surface area (Å²) >= 11 is 0. The van der Waals surface area contributed by atoms with E-state index in [0.29, 0.717) is 11.6 Å². The molecule has 0 radical (unpaired) electrons. The molecule has 1 aliphatic carbocycles. The van der Waals surface area contributed by atoms with Crippen LogP contribution in [-0.4, -0.2) is 33.2 Å². The van der Waals surface area contributed by atoms with Gasteiger partial charge in [-0.2, -0.15) is 5.10 Å². The standard InChI is InChI=1S/C21H17FN4O5/c22-16-9-8-15(26(29)30)10-18(16)23-20(27)12-31-21(28)19-11-17(13-6-7-13)24-25(19)14-4-2-1-3-5-14/h1-5,8-11,13H,6-7,12H2,(H,23,27). The Morgan fingerprint density at radius 1 is 1.19 bits per heavy atom. The Hall–Kier alpha value is -4.08. The fourth-order valence-corrected chi connectivity index (χ4v) is 3.00. The van der Waals surface area contributed by atoms with Crippen LogP contribution in [-0.2, 0) is 9.53 Å². The van der Waals surface area contributed by atoms with Crippen LogP contribution in [0.25, 0.3) is 5.69 Å². The van der Waals surface area contributed by atoms with E-state index in [2.05, 4.69) is 10.4 Å². The highest BCUT2D eigenvalue weighted by Crippen LogP contribution is 2.39. The number of halogens is 1. The second-order valence-electron chi connectivity index (χ2n) is 7.02. The number of nitrogens with one attached hydrogen (secondary N) is 1. The van der Waals surface area contributed by atoms with Crippen molar-refractivity contribution in [2.45, 2.75) is 18.8 Å². The molecule has 9 nitrogen and oxygen atoms in total. The van der Waals surface area contributed by atoms with Crippen molar-refractivity contribution in [2.75, 3.05) is 11.9 Å². The van der Waals surface area contributed by atoms with Crippen LogP contribution in [0.4, 0.5) is 15.8 Å². The number of carbonyl (C=O) groups is 2. The van der Waals surface area contributed by atoms with Gasteiger partial charge in [-0.05, 0) is 37.1 Å². The Morgan fingerprint density at radius 2 is 1.94 bits per heavy atom. The number of para-hydroxylation sites is 1. The lowest BCUT2D eigenvalue weighted by Crippen LogP contribution is -2.22. The zero-order valence-corrected chi connectivity index (χ0v) is 16.2. The smallest absolute Gasteiger partial charge is 0.357 e. The van der Waals surface area contributed by atoms with Crippen LogP contribution in [0.2, 0.25) is 0 Å². The van der Waals surface area contributed by atoms with Gasteiger partial charge in [-0.3, -0.25) is 14.9 Å². The second-order valence-corrected chi connectivity index (χ2v) is 7.02. The summed E-state index contributed by atoms with van der Waals surface area (Å²) in [6, 6.07) is 13.4. The maximum Gasteiger partial charge on any atom is 0.357 e. The molecule has 1 N–H and O–H groups in total. The highest BCUT2D eigenvalue weighted by molar-refractivity contribution is 5.95. The van der Waals surface area contributed by atoms with Crippen LogP contribution in [0.15, 0.2) is 54.6 Å². The van der Waals surface area contributed by atoms with Gasteiger partial charge in [0.05, 0.1) is 22.0 Å². The molecule has 1 fully saturated rings. The molecule has 3 aromatic rings. The Kier molecular flexibility index (Phi) is 5.44. The number of aromatic nitrogens is 2. The third kappa shape index (κ3) is 4.58.